The van der Waals surface area contributed by atoms with E-state index >= 15 is 0 Å². The molecule has 1 aliphatic heterocycles. The number of alkyl halides is 2. The number of aliphatic hydroxyl groups is 1. The third kappa shape index (κ3) is 6.63. The molecule has 0 unspecified atom stereocenters. The fraction of sp³-hybridized carbons (Fsp3) is 0.500. The Morgan fingerprint density at radius 1 is 1.35 bits per heavy atom. The molecular formula is C24H29F2NO4. The highest BCUT2D eigenvalue weighted by Crippen LogP contribution is 2.34. The number of esters is 1. The molecule has 1 N–H and O–H groups in total. The predicted octanol–water partition coefficient (Wildman–Crippen LogP) is 3.61. The van der Waals surface area contributed by atoms with Gasteiger partial charge >= 0.3 is 11.9 Å². The largest absolute Gasteiger partial charge is 0.465 e. The first-order valence-electron chi connectivity index (χ1n) is 10.4. The zero-order valence-corrected chi connectivity index (χ0v) is 18.1. The summed E-state index contributed by atoms with van der Waals surface area (Å²) in [5, 5.41) is 10.3. The second kappa shape index (κ2) is 11.1. The van der Waals surface area contributed by atoms with Gasteiger partial charge in [-0.05, 0) is 30.0 Å². The average Bonchev–Trinajstić information content (AvgIpc) is 2.98. The number of carbonyl (C=O) groups excluding carboxylic acids is 2. The SMILES string of the molecule is CCC#CC[C@@H](C)[C@@H](O)C=C[C@H]1CC(F)(F)C(=O)N1CCc1ccc(C(=O)OC)cc1. The van der Waals surface area contributed by atoms with Crippen molar-refractivity contribution in [3.63, 3.8) is 0 Å². The molecule has 1 aromatic carbocycles. The quantitative estimate of drug-likeness (QED) is 0.386. The summed E-state index contributed by atoms with van der Waals surface area (Å²) in [5.74, 6) is 0.675. The lowest BCUT2D eigenvalue weighted by Gasteiger charge is -2.22. The Kier molecular flexibility index (Phi) is 8.76. The van der Waals surface area contributed by atoms with Gasteiger partial charge < -0.3 is 14.7 Å². The molecule has 5 nitrogen and oxygen atoms in total. The van der Waals surface area contributed by atoms with E-state index in [2.05, 4.69) is 16.6 Å². The molecule has 3 atom stereocenters. The van der Waals surface area contributed by atoms with Crippen molar-refractivity contribution < 1.29 is 28.2 Å². The molecule has 0 bridgehead atoms. The van der Waals surface area contributed by atoms with Gasteiger partial charge in [-0.15, -0.1) is 11.8 Å². The molecule has 1 aromatic rings. The topological polar surface area (TPSA) is 66.8 Å². The van der Waals surface area contributed by atoms with Gasteiger partial charge in [0.2, 0.25) is 0 Å². The number of ether oxygens (including phenoxy) is 1. The van der Waals surface area contributed by atoms with Crippen LogP contribution in [0.4, 0.5) is 8.78 Å². The smallest absolute Gasteiger partial charge is 0.337 e. The summed E-state index contributed by atoms with van der Waals surface area (Å²) < 4.78 is 32.8. The minimum Gasteiger partial charge on any atom is -0.465 e. The van der Waals surface area contributed by atoms with Gasteiger partial charge in [0.15, 0.2) is 0 Å². The molecule has 0 aliphatic carbocycles. The first kappa shape index (κ1) is 24.5. The number of halogens is 2. The Bertz CT molecular complexity index is 855. The van der Waals surface area contributed by atoms with E-state index in [1.165, 1.54) is 19.3 Å². The van der Waals surface area contributed by atoms with E-state index in [0.717, 1.165) is 16.9 Å². The number of aliphatic hydroxyl groups excluding tert-OH is 1. The highest BCUT2D eigenvalue weighted by atomic mass is 19.3. The van der Waals surface area contributed by atoms with Crippen LogP contribution in [0.15, 0.2) is 36.4 Å². The average molecular weight is 433 g/mol. The van der Waals surface area contributed by atoms with Crippen LogP contribution in [0.5, 0.6) is 0 Å². The Morgan fingerprint density at radius 2 is 2.03 bits per heavy atom. The summed E-state index contributed by atoms with van der Waals surface area (Å²) in [6.07, 6.45) is 3.13. The molecule has 1 amide bonds. The minimum atomic E-state index is -3.42. The molecule has 1 aliphatic rings. The van der Waals surface area contributed by atoms with Crippen molar-refractivity contribution in [2.75, 3.05) is 13.7 Å². The maximum Gasteiger partial charge on any atom is 0.337 e. The van der Waals surface area contributed by atoms with E-state index in [9.17, 15) is 23.5 Å². The van der Waals surface area contributed by atoms with Crippen LogP contribution < -0.4 is 0 Å². The van der Waals surface area contributed by atoms with Crippen molar-refractivity contribution in [2.45, 2.75) is 57.6 Å². The van der Waals surface area contributed by atoms with Crippen LogP contribution in [0.2, 0.25) is 0 Å². The van der Waals surface area contributed by atoms with Crippen molar-refractivity contribution in [3.05, 3.63) is 47.5 Å². The highest BCUT2D eigenvalue weighted by Gasteiger charge is 2.52. The Morgan fingerprint density at radius 3 is 2.65 bits per heavy atom. The number of methoxy groups -OCH3 is 1. The molecule has 0 spiro atoms. The van der Waals surface area contributed by atoms with E-state index in [1.54, 1.807) is 24.3 Å². The van der Waals surface area contributed by atoms with Crippen molar-refractivity contribution in [2.24, 2.45) is 5.92 Å². The summed E-state index contributed by atoms with van der Waals surface area (Å²) in [6.45, 7) is 3.88. The van der Waals surface area contributed by atoms with Crippen molar-refractivity contribution in [1.29, 1.82) is 0 Å². The fourth-order valence-electron chi connectivity index (χ4n) is 3.35. The van der Waals surface area contributed by atoms with Crippen LogP contribution in [0, 0.1) is 17.8 Å². The summed E-state index contributed by atoms with van der Waals surface area (Å²) >= 11 is 0. The fourth-order valence-corrected chi connectivity index (χ4v) is 3.35. The van der Waals surface area contributed by atoms with Gasteiger partial charge in [-0.25, -0.2) is 4.79 Å². The van der Waals surface area contributed by atoms with Crippen LogP contribution in [-0.2, 0) is 16.0 Å². The first-order valence-corrected chi connectivity index (χ1v) is 10.4. The molecule has 7 heteroatoms. The van der Waals surface area contributed by atoms with Crippen LogP contribution in [-0.4, -0.2) is 53.6 Å². The summed E-state index contributed by atoms with van der Waals surface area (Å²) in [6, 6.07) is 5.81. The summed E-state index contributed by atoms with van der Waals surface area (Å²) in [4.78, 5) is 24.8. The zero-order chi connectivity index (χ0) is 23.0. The lowest BCUT2D eigenvalue weighted by molar-refractivity contribution is -0.148. The van der Waals surface area contributed by atoms with E-state index in [4.69, 9.17) is 0 Å². The first-order chi connectivity index (χ1) is 14.7. The van der Waals surface area contributed by atoms with Gasteiger partial charge in [0.05, 0.1) is 24.8 Å². The maximum atomic E-state index is 14.1. The standard InChI is InChI=1S/C24H29F2NO4/c1-4-5-6-7-17(2)21(28)13-12-20-16-24(25,26)23(30)27(20)15-14-18-8-10-19(11-9-18)22(29)31-3/h8-13,17,20-21,28H,4,7,14-16H2,1-3H3/t17-,20+,21+/m1/s1. The van der Waals surface area contributed by atoms with Gasteiger partial charge in [-0.3, -0.25) is 4.79 Å². The number of nitrogens with zero attached hydrogens (tertiary/aromatic N) is 1. The lowest BCUT2D eigenvalue weighted by atomic mass is 9.99. The van der Waals surface area contributed by atoms with Crippen molar-refractivity contribution >= 4 is 11.9 Å². The van der Waals surface area contributed by atoms with Crippen LogP contribution in [0.1, 0.15) is 49.0 Å². The third-order valence-electron chi connectivity index (χ3n) is 5.30. The molecule has 168 valence electrons. The predicted molar refractivity (Wildman–Crippen MR) is 114 cm³/mol. The lowest BCUT2D eigenvalue weighted by Crippen LogP contribution is -2.37. The number of carbonyl (C=O) groups is 2. The Hall–Kier alpha value is -2.72. The maximum absolute atomic E-state index is 14.1. The highest BCUT2D eigenvalue weighted by molar-refractivity contribution is 5.89. The normalized spacial score (nSPS) is 19.7. The van der Waals surface area contributed by atoms with Gasteiger partial charge in [0.25, 0.3) is 5.91 Å². The Labute approximate surface area is 182 Å². The second-order valence-electron chi connectivity index (χ2n) is 7.68. The minimum absolute atomic E-state index is 0.106. The molecule has 0 radical (unpaired) electrons. The molecule has 1 saturated heterocycles. The number of likely N-dealkylation sites (tertiary alicyclic amines) is 1. The molecule has 1 fully saturated rings. The number of rotatable bonds is 8. The molecule has 31 heavy (non-hydrogen) atoms. The van der Waals surface area contributed by atoms with Crippen molar-refractivity contribution in [3.8, 4) is 11.8 Å². The molecule has 0 aromatic heterocycles. The molecule has 1 heterocycles. The van der Waals surface area contributed by atoms with Crippen molar-refractivity contribution in [1.82, 2.24) is 4.90 Å². The second-order valence-corrected chi connectivity index (χ2v) is 7.68. The van der Waals surface area contributed by atoms with Crippen LogP contribution in [0.3, 0.4) is 0 Å². The summed E-state index contributed by atoms with van der Waals surface area (Å²) in [5.41, 5.74) is 1.20. The van der Waals surface area contributed by atoms with Gasteiger partial charge in [-0.1, -0.05) is 38.1 Å². The van der Waals surface area contributed by atoms with Gasteiger partial charge in [-0.2, -0.15) is 8.78 Å². The number of hydrogen-bond acceptors (Lipinski definition) is 4. The Balaban J connectivity index is 2.04. The van der Waals surface area contributed by atoms with E-state index in [0.29, 0.717) is 18.4 Å². The van der Waals surface area contributed by atoms with Crippen LogP contribution in [0.25, 0.3) is 0 Å². The van der Waals surface area contributed by atoms with E-state index < -0.39 is 36.4 Å². The number of benzene rings is 1. The van der Waals surface area contributed by atoms with Gasteiger partial charge in [0.1, 0.15) is 0 Å². The van der Waals surface area contributed by atoms with E-state index in [1.807, 2.05) is 13.8 Å². The third-order valence-corrected chi connectivity index (χ3v) is 5.30. The number of amides is 1. The van der Waals surface area contributed by atoms with Gasteiger partial charge in [0, 0.05) is 25.8 Å². The summed E-state index contributed by atoms with van der Waals surface area (Å²) in [7, 11) is 1.29. The van der Waals surface area contributed by atoms with E-state index in [-0.39, 0.29) is 12.5 Å². The molecule has 2 rings (SSSR count). The molecule has 0 saturated carbocycles. The number of hydrogen-bond donors (Lipinski definition) is 1. The van der Waals surface area contributed by atoms with Crippen LogP contribution >= 0.6 is 0 Å². The molecular weight excluding hydrogens is 404 g/mol. The monoisotopic (exact) mass is 433 g/mol. The zero-order valence-electron chi connectivity index (χ0n) is 18.1.